The number of nitrogens with zero attached hydrogens (tertiary/aromatic N) is 1. The topological polar surface area (TPSA) is 94.0 Å². The number of hydrogen-bond acceptors (Lipinski definition) is 4. The average molecular weight is 281 g/mol. The Balaban J connectivity index is 2.69. The molecule has 0 radical (unpaired) electrons. The second-order valence-electron chi connectivity index (χ2n) is 3.74. The van der Waals surface area contributed by atoms with E-state index in [2.05, 4.69) is 16.0 Å². The number of nitrogens with one attached hydrogen (secondary N) is 3. The first-order chi connectivity index (χ1) is 8.97. The Hall–Kier alpha value is -2.26. The summed E-state index contributed by atoms with van der Waals surface area (Å²) in [6, 6.07) is 5.47. The van der Waals surface area contributed by atoms with E-state index < -0.39 is 18.0 Å². The van der Waals surface area contributed by atoms with E-state index in [1.54, 1.807) is 25.1 Å². The van der Waals surface area contributed by atoms with Gasteiger partial charge in [-0.25, -0.2) is 4.79 Å². The molecule has 7 heteroatoms. The maximum absolute atomic E-state index is 11.6. The average Bonchev–Trinajstić information content (AvgIpc) is 2.38. The lowest BCUT2D eigenvalue weighted by atomic mass is 10.2. The second kappa shape index (κ2) is 6.61. The van der Waals surface area contributed by atoms with Crippen molar-refractivity contribution in [2.75, 3.05) is 12.4 Å². The summed E-state index contributed by atoms with van der Waals surface area (Å²) in [4.78, 5) is 22.6. The van der Waals surface area contributed by atoms with Gasteiger partial charge in [0.25, 0.3) is 0 Å². The van der Waals surface area contributed by atoms with Crippen LogP contribution in [0.1, 0.15) is 12.5 Å². The van der Waals surface area contributed by atoms with Crippen LogP contribution in [0.4, 0.5) is 10.5 Å². The van der Waals surface area contributed by atoms with Crippen LogP contribution in [-0.4, -0.2) is 25.0 Å². The number of rotatable bonds is 3. The van der Waals surface area contributed by atoms with Crippen molar-refractivity contribution in [1.29, 1.82) is 5.26 Å². The first-order valence-corrected chi connectivity index (χ1v) is 5.84. The van der Waals surface area contributed by atoms with Crippen molar-refractivity contribution in [3.8, 4) is 6.07 Å². The summed E-state index contributed by atoms with van der Waals surface area (Å²) in [7, 11) is 1.42. The third kappa shape index (κ3) is 4.16. The van der Waals surface area contributed by atoms with Crippen LogP contribution in [0.3, 0.4) is 0 Å². The lowest BCUT2D eigenvalue weighted by Crippen LogP contribution is -2.44. The minimum absolute atomic E-state index is 0.298. The number of carbonyl (C=O) groups excluding carboxylic acids is 2. The Morgan fingerprint density at radius 2 is 2.11 bits per heavy atom. The summed E-state index contributed by atoms with van der Waals surface area (Å²) >= 11 is 5.87. The fourth-order valence-electron chi connectivity index (χ4n) is 1.29. The van der Waals surface area contributed by atoms with Gasteiger partial charge in [-0.05, 0) is 25.1 Å². The van der Waals surface area contributed by atoms with Crippen LogP contribution < -0.4 is 16.0 Å². The lowest BCUT2D eigenvalue weighted by molar-refractivity contribution is -0.120. The molecule has 1 aromatic carbocycles. The van der Waals surface area contributed by atoms with Crippen molar-refractivity contribution in [2.24, 2.45) is 0 Å². The van der Waals surface area contributed by atoms with Gasteiger partial charge in [-0.2, -0.15) is 5.26 Å². The van der Waals surface area contributed by atoms with Crippen molar-refractivity contribution in [3.63, 3.8) is 0 Å². The molecule has 0 aliphatic heterocycles. The van der Waals surface area contributed by atoms with E-state index in [1.807, 2.05) is 6.07 Å². The molecule has 1 rings (SSSR count). The molecule has 0 saturated carbocycles. The first kappa shape index (κ1) is 14.8. The minimum atomic E-state index is -0.624. The number of amides is 3. The van der Waals surface area contributed by atoms with E-state index in [9.17, 15) is 9.59 Å². The van der Waals surface area contributed by atoms with Crippen LogP contribution >= 0.6 is 11.6 Å². The Morgan fingerprint density at radius 3 is 2.63 bits per heavy atom. The zero-order valence-electron chi connectivity index (χ0n) is 10.5. The van der Waals surface area contributed by atoms with E-state index in [4.69, 9.17) is 16.9 Å². The molecule has 0 aromatic heterocycles. The number of benzene rings is 1. The highest BCUT2D eigenvalue weighted by molar-refractivity contribution is 6.32. The molecule has 6 nitrogen and oxygen atoms in total. The van der Waals surface area contributed by atoms with Gasteiger partial charge in [-0.15, -0.1) is 0 Å². The van der Waals surface area contributed by atoms with Gasteiger partial charge >= 0.3 is 6.03 Å². The molecule has 1 aromatic rings. The molecule has 0 aliphatic rings. The molecule has 3 amide bonds. The molecular formula is C12H13ClN4O2. The van der Waals surface area contributed by atoms with Crippen molar-refractivity contribution < 1.29 is 9.59 Å². The molecule has 0 aliphatic carbocycles. The normalized spacial score (nSPS) is 11.1. The molecule has 0 bridgehead atoms. The molecule has 3 N–H and O–H groups in total. The van der Waals surface area contributed by atoms with Crippen LogP contribution in [0.25, 0.3) is 0 Å². The smallest absolute Gasteiger partial charge is 0.321 e. The quantitative estimate of drug-likeness (QED) is 0.781. The Kier molecular flexibility index (Phi) is 5.15. The summed E-state index contributed by atoms with van der Waals surface area (Å²) in [5.74, 6) is -0.472. The third-order valence-corrected chi connectivity index (χ3v) is 2.64. The zero-order chi connectivity index (χ0) is 14.4. The molecule has 0 fully saturated rings. The van der Waals surface area contributed by atoms with Gasteiger partial charge in [0.05, 0.1) is 10.6 Å². The molecule has 0 spiro atoms. The zero-order valence-corrected chi connectivity index (χ0v) is 11.2. The molecule has 0 saturated heterocycles. The van der Waals surface area contributed by atoms with Crippen LogP contribution in [-0.2, 0) is 4.79 Å². The van der Waals surface area contributed by atoms with Gasteiger partial charge in [0.1, 0.15) is 12.1 Å². The fourth-order valence-corrected chi connectivity index (χ4v) is 1.52. The number of imide groups is 1. The third-order valence-electron chi connectivity index (χ3n) is 2.33. The highest BCUT2D eigenvalue weighted by atomic mass is 35.5. The van der Waals surface area contributed by atoms with E-state index in [0.29, 0.717) is 16.3 Å². The molecule has 1 unspecified atom stereocenters. The molecule has 19 heavy (non-hydrogen) atoms. The highest BCUT2D eigenvalue weighted by Gasteiger charge is 2.15. The SMILES string of the molecule is CNC(=O)NC(=O)C(C)Nc1ccc(C#N)c(Cl)c1. The molecule has 0 heterocycles. The van der Waals surface area contributed by atoms with Crippen molar-refractivity contribution in [2.45, 2.75) is 13.0 Å². The van der Waals surface area contributed by atoms with Crippen molar-refractivity contribution >= 4 is 29.2 Å². The number of hydrogen-bond donors (Lipinski definition) is 3. The van der Waals surface area contributed by atoms with Gasteiger partial charge in [-0.3, -0.25) is 10.1 Å². The van der Waals surface area contributed by atoms with Crippen molar-refractivity contribution in [1.82, 2.24) is 10.6 Å². The predicted molar refractivity (Wildman–Crippen MR) is 71.9 cm³/mol. The maximum Gasteiger partial charge on any atom is 0.321 e. The number of urea groups is 1. The number of carbonyl (C=O) groups is 2. The summed E-state index contributed by atoms with van der Waals surface area (Å²) < 4.78 is 0. The Labute approximate surface area is 115 Å². The Morgan fingerprint density at radius 1 is 1.42 bits per heavy atom. The van der Waals surface area contributed by atoms with Crippen LogP contribution in [0.5, 0.6) is 0 Å². The van der Waals surface area contributed by atoms with E-state index >= 15 is 0 Å². The van der Waals surface area contributed by atoms with Crippen molar-refractivity contribution in [3.05, 3.63) is 28.8 Å². The van der Waals surface area contributed by atoms with E-state index in [1.165, 1.54) is 7.05 Å². The number of nitriles is 1. The maximum atomic E-state index is 11.6. The lowest BCUT2D eigenvalue weighted by Gasteiger charge is -2.14. The van der Waals surface area contributed by atoms with Gasteiger partial charge < -0.3 is 10.6 Å². The van der Waals surface area contributed by atoms with Crippen LogP contribution in [0.15, 0.2) is 18.2 Å². The second-order valence-corrected chi connectivity index (χ2v) is 4.15. The number of halogens is 1. The molecule has 100 valence electrons. The summed E-state index contributed by atoms with van der Waals surface area (Å²) in [5.41, 5.74) is 0.943. The van der Waals surface area contributed by atoms with E-state index in [-0.39, 0.29) is 0 Å². The van der Waals surface area contributed by atoms with Gasteiger partial charge in [0, 0.05) is 12.7 Å². The van der Waals surface area contributed by atoms with Crippen LogP contribution in [0, 0.1) is 11.3 Å². The standard InChI is InChI=1S/C12H13ClN4O2/c1-7(11(18)17-12(19)15-2)16-9-4-3-8(6-14)10(13)5-9/h3-5,7,16H,1-2H3,(H2,15,17,18,19). The van der Waals surface area contributed by atoms with Gasteiger partial charge in [0.15, 0.2) is 0 Å². The Bertz CT molecular complexity index is 539. The molecular weight excluding hydrogens is 268 g/mol. The highest BCUT2D eigenvalue weighted by Crippen LogP contribution is 2.20. The molecule has 1 atom stereocenters. The largest absolute Gasteiger partial charge is 0.374 e. The summed E-state index contributed by atoms with van der Waals surface area (Å²) in [5, 5.41) is 16.4. The summed E-state index contributed by atoms with van der Waals surface area (Å²) in [6.07, 6.45) is 0. The van der Waals surface area contributed by atoms with Crippen LogP contribution in [0.2, 0.25) is 5.02 Å². The minimum Gasteiger partial charge on any atom is -0.374 e. The predicted octanol–water partition coefficient (Wildman–Crippen LogP) is 1.47. The number of anilines is 1. The monoisotopic (exact) mass is 280 g/mol. The van der Waals surface area contributed by atoms with Gasteiger partial charge in [-0.1, -0.05) is 11.6 Å². The first-order valence-electron chi connectivity index (χ1n) is 5.46. The summed E-state index contributed by atoms with van der Waals surface area (Å²) in [6.45, 7) is 1.60. The van der Waals surface area contributed by atoms with Gasteiger partial charge in [0.2, 0.25) is 5.91 Å². The fraction of sp³-hybridized carbons (Fsp3) is 0.250. The van der Waals surface area contributed by atoms with E-state index in [0.717, 1.165) is 0 Å².